The van der Waals surface area contributed by atoms with Crippen LogP contribution in [0.25, 0.3) is 60.3 Å². The van der Waals surface area contributed by atoms with Crippen molar-refractivity contribution < 1.29 is 4.79 Å². The van der Waals surface area contributed by atoms with E-state index < -0.39 is 0 Å². The molecule has 6 aromatic carbocycles. The SMILES string of the molecule is CC(C)(C)Cc1cc2nc(N)c3ccccc3c2cc1CC(C)(C)C.CC(C)c1cc(C(C)C)c(-c2cnc3c4ccccc4c4cc(CC(C)(C)C)c(CC(C)(C)C)cc4n23)c(C(C)C)c1.CC(C)c1cc(C(C)C)c(C(Br)C=O)c(C(C)C)c1. The van der Waals surface area contributed by atoms with Crippen LogP contribution >= 0.6 is 15.9 Å². The highest BCUT2D eigenvalue weighted by Crippen LogP contribution is 2.44. The van der Waals surface area contributed by atoms with Crippen molar-refractivity contribution in [2.75, 3.05) is 5.73 Å². The second-order valence-electron chi connectivity index (χ2n) is 31.8. The lowest BCUT2D eigenvalue weighted by Gasteiger charge is -2.26. The molecule has 0 aliphatic rings. The van der Waals surface area contributed by atoms with Gasteiger partial charge < -0.3 is 10.5 Å². The van der Waals surface area contributed by atoms with Crippen molar-refractivity contribution in [3.8, 4) is 11.3 Å². The minimum Gasteiger partial charge on any atom is -0.383 e. The van der Waals surface area contributed by atoms with E-state index in [1.165, 1.54) is 105 Å². The summed E-state index contributed by atoms with van der Waals surface area (Å²) in [5.74, 6) is 3.27. The van der Waals surface area contributed by atoms with Crippen molar-refractivity contribution in [3.63, 3.8) is 0 Å². The summed E-state index contributed by atoms with van der Waals surface area (Å²) in [4.78, 5) is 20.9. The molecule has 460 valence electrons. The van der Waals surface area contributed by atoms with E-state index in [9.17, 15) is 4.79 Å². The third-order valence-corrected chi connectivity index (χ3v) is 17.3. The average molecular weight is 1220 g/mol. The Balaban J connectivity index is 0.000000204. The number of fused-ring (bicyclic) bond motifs is 9. The lowest BCUT2D eigenvalue weighted by Crippen LogP contribution is -2.15. The van der Waals surface area contributed by atoms with Crippen LogP contribution < -0.4 is 5.73 Å². The molecule has 9 aromatic rings. The first-order valence-electron chi connectivity index (χ1n) is 32.3. The highest BCUT2D eigenvalue weighted by Gasteiger charge is 2.27. The van der Waals surface area contributed by atoms with Gasteiger partial charge in [-0.05, 0) is 179 Å². The smallest absolute Gasteiger partial charge is 0.145 e. The molecule has 0 spiro atoms. The molecule has 1 unspecified atom stereocenters. The Hall–Kier alpha value is -5.85. The second-order valence-corrected chi connectivity index (χ2v) is 32.8. The number of aromatic nitrogens is 3. The summed E-state index contributed by atoms with van der Waals surface area (Å²) in [5.41, 5.74) is 28.2. The lowest BCUT2D eigenvalue weighted by atomic mass is 9.80. The van der Waals surface area contributed by atoms with Crippen LogP contribution in [0.4, 0.5) is 5.82 Å². The molecule has 9 rings (SSSR count). The van der Waals surface area contributed by atoms with Crippen molar-refractivity contribution in [2.24, 2.45) is 21.7 Å². The Labute approximate surface area is 528 Å². The summed E-state index contributed by atoms with van der Waals surface area (Å²) >= 11 is 3.52. The summed E-state index contributed by atoms with van der Waals surface area (Å²) in [6, 6.07) is 36.3. The third kappa shape index (κ3) is 15.9. The molecule has 3 heterocycles. The maximum atomic E-state index is 11.2. The van der Waals surface area contributed by atoms with Crippen LogP contribution in [0.3, 0.4) is 0 Å². The molecule has 0 fully saturated rings. The van der Waals surface area contributed by atoms with Crippen molar-refractivity contribution in [1.29, 1.82) is 0 Å². The fourth-order valence-electron chi connectivity index (χ4n) is 12.7. The van der Waals surface area contributed by atoms with E-state index >= 15 is 0 Å². The minimum absolute atomic E-state index is 0.191. The second kappa shape index (κ2) is 26.5. The molecule has 0 aliphatic carbocycles. The Bertz CT molecular complexity index is 3820. The zero-order valence-corrected chi connectivity index (χ0v) is 59.1. The number of carbonyl (C=O) groups excluding carboxylic acids is 1. The fraction of sp³-hybridized carbons (Fsp3) is 0.487. The lowest BCUT2D eigenvalue weighted by molar-refractivity contribution is -0.107. The van der Waals surface area contributed by atoms with Crippen LogP contribution in [0.2, 0.25) is 0 Å². The van der Waals surface area contributed by atoms with Gasteiger partial charge in [0.25, 0.3) is 0 Å². The molecule has 3 aromatic heterocycles. The topological polar surface area (TPSA) is 73.3 Å². The number of benzene rings is 6. The van der Waals surface area contributed by atoms with E-state index in [0.29, 0.717) is 41.3 Å². The van der Waals surface area contributed by atoms with Crippen LogP contribution in [0.15, 0.2) is 103 Å². The first-order valence-corrected chi connectivity index (χ1v) is 33.2. The quantitative estimate of drug-likeness (QED) is 0.0709. The highest BCUT2D eigenvalue weighted by atomic mass is 79.9. The number of alkyl halides is 1. The molecule has 2 N–H and O–H groups in total. The Kier molecular flexibility index (Phi) is 20.8. The molecule has 0 aliphatic heterocycles. The van der Waals surface area contributed by atoms with Gasteiger partial charge in [0, 0.05) is 27.1 Å². The predicted molar refractivity (Wildman–Crippen MR) is 381 cm³/mol. The predicted octanol–water partition coefficient (Wildman–Crippen LogP) is 23.7. The standard InChI is InChI=1S/C40H52N2.C23H30N2.C17H25BrO/c1-24(2)27-17-32(25(3)4)37(33(18-27)26(5)6)36-23-41-38-31-16-14-13-15-30(31)34-19-28(21-39(7,8)9)29(22-40(10,11)12)20-35(34)42(36)38;1-22(2,3)13-15-11-19-17-9-7-8-10-18(17)21(24)25-20(19)12-16(15)14-23(4,5)6;1-10(2)13-7-14(11(3)4)17(16(18)9-19)15(8-13)12(5)6/h13-20,23-26H,21-22H2,1-12H3;7-12H,13-14H2,1-6H3,(H2,24,25);7-12,16H,1-6H3. The summed E-state index contributed by atoms with van der Waals surface area (Å²) < 4.78 is 2.49. The molecule has 6 heteroatoms. The maximum absolute atomic E-state index is 11.2. The van der Waals surface area contributed by atoms with Gasteiger partial charge in [-0.15, -0.1) is 0 Å². The van der Waals surface area contributed by atoms with Gasteiger partial charge in [0.15, 0.2) is 0 Å². The van der Waals surface area contributed by atoms with Gasteiger partial charge in [-0.25, -0.2) is 9.97 Å². The molecule has 0 amide bonds. The number of anilines is 1. The molecule has 1 atom stereocenters. The number of imidazole rings is 1. The normalized spacial score (nSPS) is 13.1. The number of nitrogens with zero attached hydrogens (tertiary/aromatic N) is 3. The minimum atomic E-state index is -0.205. The molecule has 0 saturated carbocycles. The van der Waals surface area contributed by atoms with Crippen LogP contribution in [0.5, 0.6) is 0 Å². The average Bonchev–Trinajstić information content (AvgIpc) is 1.54. The summed E-state index contributed by atoms with van der Waals surface area (Å²) in [6.45, 7) is 55.1. The number of hydrogen-bond donors (Lipinski definition) is 1. The molecule has 0 saturated heterocycles. The van der Waals surface area contributed by atoms with E-state index in [0.717, 1.165) is 48.5 Å². The first kappa shape index (κ1) is 67.7. The van der Waals surface area contributed by atoms with Gasteiger partial charge in [0.1, 0.15) is 17.8 Å². The number of pyridine rings is 2. The summed E-state index contributed by atoms with van der Waals surface area (Å²) in [6.07, 6.45) is 7.35. The summed E-state index contributed by atoms with van der Waals surface area (Å²) in [5, 5.41) is 7.28. The maximum Gasteiger partial charge on any atom is 0.145 e. The zero-order chi connectivity index (χ0) is 63.9. The molecular formula is C80H107BrN4O. The van der Waals surface area contributed by atoms with Gasteiger partial charge in [-0.3, -0.25) is 4.40 Å². The van der Waals surface area contributed by atoms with Crippen LogP contribution in [-0.2, 0) is 30.5 Å². The summed E-state index contributed by atoms with van der Waals surface area (Å²) in [7, 11) is 0. The number of rotatable bonds is 13. The molecule has 86 heavy (non-hydrogen) atoms. The van der Waals surface area contributed by atoms with Gasteiger partial charge in [0.2, 0.25) is 0 Å². The fourth-order valence-corrected chi connectivity index (χ4v) is 13.2. The molecular weight excluding hydrogens is 1110 g/mol. The van der Waals surface area contributed by atoms with E-state index in [2.05, 4.69) is 284 Å². The highest BCUT2D eigenvalue weighted by molar-refractivity contribution is 9.09. The van der Waals surface area contributed by atoms with E-state index in [1.807, 2.05) is 6.07 Å². The van der Waals surface area contributed by atoms with Crippen molar-refractivity contribution in [2.45, 2.75) is 232 Å². The Morgan fingerprint density at radius 2 is 0.837 bits per heavy atom. The van der Waals surface area contributed by atoms with Crippen molar-refractivity contribution >= 4 is 77.0 Å². The number of hydrogen-bond acceptors (Lipinski definition) is 4. The first-order chi connectivity index (χ1) is 39.9. The Morgan fingerprint density at radius 1 is 0.465 bits per heavy atom. The van der Waals surface area contributed by atoms with Gasteiger partial charge in [-0.1, -0.05) is 255 Å². The van der Waals surface area contributed by atoms with Crippen molar-refractivity contribution in [3.05, 3.63) is 164 Å². The number of nitrogens with two attached hydrogens (primary N) is 1. The number of nitrogen functional groups attached to an aromatic ring is 1. The van der Waals surface area contributed by atoms with Crippen LogP contribution in [0, 0.1) is 21.7 Å². The van der Waals surface area contributed by atoms with Crippen LogP contribution in [-0.4, -0.2) is 20.7 Å². The van der Waals surface area contributed by atoms with Gasteiger partial charge in [-0.2, -0.15) is 0 Å². The number of aldehydes is 1. The van der Waals surface area contributed by atoms with Gasteiger partial charge >= 0.3 is 0 Å². The number of carbonyl (C=O) groups is 1. The molecule has 0 bridgehead atoms. The molecule has 0 radical (unpaired) electrons. The largest absolute Gasteiger partial charge is 0.383 e. The van der Waals surface area contributed by atoms with Crippen LogP contribution in [0.1, 0.15) is 268 Å². The monoisotopic (exact) mass is 1220 g/mol. The number of halogens is 1. The van der Waals surface area contributed by atoms with Gasteiger partial charge in [0.05, 0.1) is 27.8 Å². The van der Waals surface area contributed by atoms with E-state index in [-0.39, 0.29) is 26.5 Å². The van der Waals surface area contributed by atoms with E-state index in [1.54, 1.807) is 0 Å². The third-order valence-electron chi connectivity index (χ3n) is 16.7. The zero-order valence-electron chi connectivity index (χ0n) is 57.5. The van der Waals surface area contributed by atoms with Crippen molar-refractivity contribution in [1.82, 2.24) is 14.4 Å². The van der Waals surface area contributed by atoms with E-state index in [4.69, 9.17) is 15.7 Å². The molecule has 5 nitrogen and oxygen atoms in total. The Morgan fingerprint density at radius 3 is 1.24 bits per heavy atom.